The first-order valence-corrected chi connectivity index (χ1v) is 5.65. The van der Waals surface area contributed by atoms with Gasteiger partial charge in [-0.05, 0) is 28.1 Å². The van der Waals surface area contributed by atoms with Crippen LogP contribution < -0.4 is 0 Å². The van der Waals surface area contributed by atoms with Crippen LogP contribution in [-0.2, 0) is 18.0 Å². The normalized spacial score (nSPS) is 14.1. The molecule has 1 aliphatic rings. The molecule has 1 aromatic heterocycles. The van der Waals surface area contributed by atoms with Crippen LogP contribution in [0.3, 0.4) is 0 Å². The van der Waals surface area contributed by atoms with E-state index in [-0.39, 0.29) is 5.82 Å². The van der Waals surface area contributed by atoms with E-state index in [0.717, 1.165) is 15.9 Å². The van der Waals surface area contributed by atoms with E-state index < -0.39 is 0 Å². The molecule has 0 aliphatic carbocycles. The first-order valence-electron chi connectivity index (χ1n) is 4.86. The van der Waals surface area contributed by atoms with Crippen LogP contribution in [-0.4, -0.2) is 9.78 Å². The average molecular weight is 283 g/mol. The van der Waals surface area contributed by atoms with Gasteiger partial charge in [0.15, 0.2) is 0 Å². The van der Waals surface area contributed by atoms with Crippen molar-refractivity contribution < 1.29 is 9.13 Å². The van der Waals surface area contributed by atoms with Crippen molar-refractivity contribution in [2.75, 3.05) is 0 Å². The fourth-order valence-electron chi connectivity index (χ4n) is 1.82. The van der Waals surface area contributed by atoms with Crippen LogP contribution in [0.2, 0.25) is 0 Å². The molecule has 0 saturated carbocycles. The van der Waals surface area contributed by atoms with Crippen molar-refractivity contribution in [3.8, 4) is 5.69 Å². The van der Waals surface area contributed by atoms with Gasteiger partial charge < -0.3 is 4.74 Å². The topological polar surface area (TPSA) is 27.1 Å². The van der Waals surface area contributed by atoms with Gasteiger partial charge in [0.05, 0.1) is 18.9 Å². The Bertz CT molecular complexity index is 553. The van der Waals surface area contributed by atoms with Gasteiger partial charge in [0.25, 0.3) is 0 Å². The first-order chi connectivity index (χ1) is 7.77. The molecule has 0 spiro atoms. The Morgan fingerprint density at radius 3 is 2.94 bits per heavy atom. The number of rotatable bonds is 1. The Hall–Kier alpha value is -1.20. The van der Waals surface area contributed by atoms with Gasteiger partial charge in [-0.2, -0.15) is 5.10 Å². The van der Waals surface area contributed by atoms with Crippen LogP contribution in [0.25, 0.3) is 5.69 Å². The predicted octanol–water partition coefficient (Wildman–Crippen LogP) is 2.80. The highest BCUT2D eigenvalue weighted by Crippen LogP contribution is 2.29. The van der Waals surface area contributed by atoms with E-state index in [4.69, 9.17) is 4.74 Å². The lowest BCUT2D eigenvalue weighted by molar-refractivity contribution is 0.130. The summed E-state index contributed by atoms with van der Waals surface area (Å²) < 4.78 is 21.3. The maximum absolute atomic E-state index is 13.6. The summed E-state index contributed by atoms with van der Waals surface area (Å²) in [6, 6.07) is 6.57. The van der Waals surface area contributed by atoms with Gasteiger partial charge in [0.1, 0.15) is 16.1 Å². The lowest BCUT2D eigenvalue weighted by Crippen LogP contribution is -2.03. The molecule has 0 atom stereocenters. The van der Waals surface area contributed by atoms with Gasteiger partial charge in [-0.25, -0.2) is 9.07 Å². The zero-order valence-corrected chi connectivity index (χ0v) is 9.87. The molecule has 0 radical (unpaired) electrons. The monoisotopic (exact) mass is 282 g/mol. The minimum atomic E-state index is -0.285. The summed E-state index contributed by atoms with van der Waals surface area (Å²) in [5.74, 6) is -0.285. The largest absolute Gasteiger partial charge is 0.370 e. The predicted molar refractivity (Wildman–Crippen MR) is 59.7 cm³/mol. The molecule has 0 bridgehead atoms. The number of fused-ring (bicyclic) bond motifs is 1. The molecule has 2 heterocycles. The van der Waals surface area contributed by atoms with Crippen molar-refractivity contribution in [3.63, 3.8) is 0 Å². The van der Waals surface area contributed by atoms with Crippen LogP contribution in [0.5, 0.6) is 0 Å². The van der Waals surface area contributed by atoms with Crippen molar-refractivity contribution in [3.05, 3.63) is 45.9 Å². The summed E-state index contributed by atoms with van der Waals surface area (Å²) in [4.78, 5) is 0. The highest BCUT2D eigenvalue weighted by molar-refractivity contribution is 9.10. The third kappa shape index (κ3) is 1.39. The molecule has 82 valence electrons. The van der Waals surface area contributed by atoms with E-state index in [1.165, 1.54) is 6.07 Å². The third-order valence-electron chi connectivity index (χ3n) is 2.61. The summed E-state index contributed by atoms with van der Waals surface area (Å²) in [7, 11) is 0. The molecule has 16 heavy (non-hydrogen) atoms. The number of aromatic nitrogens is 2. The van der Waals surface area contributed by atoms with Crippen LogP contribution in [0.1, 0.15) is 11.3 Å². The van der Waals surface area contributed by atoms with Gasteiger partial charge in [-0.3, -0.25) is 0 Å². The molecular weight excluding hydrogens is 275 g/mol. The van der Waals surface area contributed by atoms with Crippen molar-refractivity contribution in [2.45, 2.75) is 13.2 Å². The summed E-state index contributed by atoms with van der Waals surface area (Å²) in [6.07, 6.45) is 0. The fraction of sp³-hybridized carbons (Fsp3) is 0.182. The minimum Gasteiger partial charge on any atom is -0.370 e. The molecule has 0 saturated heterocycles. The van der Waals surface area contributed by atoms with Crippen LogP contribution in [0.15, 0.2) is 28.9 Å². The van der Waals surface area contributed by atoms with Crippen molar-refractivity contribution in [1.82, 2.24) is 9.78 Å². The number of nitrogens with zero attached hydrogens (tertiary/aromatic N) is 2. The highest BCUT2D eigenvalue weighted by atomic mass is 79.9. The highest BCUT2D eigenvalue weighted by Gasteiger charge is 2.23. The van der Waals surface area contributed by atoms with Crippen LogP contribution in [0, 0.1) is 5.82 Å². The summed E-state index contributed by atoms with van der Waals surface area (Å²) >= 11 is 3.36. The van der Waals surface area contributed by atoms with E-state index in [2.05, 4.69) is 21.0 Å². The molecule has 1 aliphatic heterocycles. The van der Waals surface area contributed by atoms with Gasteiger partial charge in [0, 0.05) is 5.56 Å². The number of benzene rings is 1. The third-order valence-corrected chi connectivity index (χ3v) is 3.24. The zero-order valence-electron chi connectivity index (χ0n) is 8.28. The second kappa shape index (κ2) is 3.68. The number of ether oxygens (including phenoxy) is 1. The lowest BCUT2D eigenvalue weighted by Gasteiger charge is -2.05. The summed E-state index contributed by atoms with van der Waals surface area (Å²) in [5.41, 5.74) is 2.37. The van der Waals surface area contributed by atoms with Crippen molar-refractivity contribution in [1.29, 1.82) is 0 Å². The molecule has 3 rings (SSSR count). The quantitative estimate of drug-likeness (QED) is 0.804. The number of hydrogen-bond donors (Lipinski definition) is 0. The Labute approximate surface area is 100.0 Å². The van der Waals surface area contributed by atoms with Crippen LogP contribution >= 0.6 is 15.9 Å². The molecule has 5 heteroatoms. The molecule has 1 aromatic carbocycles. The Morgan fingerprint density at radius 2 is 2.12 bits per heavy atom. The summed E-state index contributed by atoms with van der Waals surface area (Å²) in [5, 5.41) is 4.28. The first kappa shape index (κ1) is 9.99. The molecule has 0 amide bonds. The molecule has 0 fully saturated rings. The van der Waals surface area contributed by atoms with E-state index in [1.807, 2.05) is 0 Å². The lowest BCUT2D eigenvalue weighted by atomic mass is 10.2. The van der Waals surface area contributed by atoms with Gasteiger partial charge in [-0.1, -0.05) is 12.1 Å². The van der Waals surface area contributed by atoms with E-state index in [1.54, 1.807) is 22.9 Å². The molecular formula is C11H8BrFN2O. The van der Waals surface area contributed by atoms with Gasteiger partial charge in [-0.15, -0.1) is 0 Å². The minimum absolute atomic E-state index is 0.285. The number of halogens is 2. The Morgan fingerprint density at radius 1 is 1.31 bits per heavy atom. The molecule has 0 unspecified atom stereocenters. The van der Waals surface area contributed by atoms with Gasteiger partial charge >= 0.3 is 0 Å². The smallest absolute Gasteiger partial charge is 0.148 e. The number of para-hydroxylation sites is 1. The van der Waals surface area contributed by atoms with Gasteiger partial charge in [0.2, 0.25) is 0 Å². The van der Waals surface area contributed by atoms with E-state index in [9.17, 15) is 4.39 Å². The standard InChI is InChI=1S/C11H8BrFN2O/c12-11-7-5-16-6-10(7)15(14-11)9-4-2-1-3-8(9)13/h1-4H,5-6H2. The fourth-order valence-corrected chi connectivity index (χ4v) is 2.32. The average Bonchev–Trinajstić information content (AvgIpc) is 2.84. The Kier molecular flexibility index (Phi) is 2.29. The maximum Gasteiger partial charge on any atom is 0.148 e. The zero-order chi connectivity index (χ0) is 11.1. The van der Waals surface area contributed by atoms with Crippen molar-refractivity contribution >= 4 is 15.9 Å². The Balaban J connectivity index is 2.21. The molecule has 0 N–H and O–H groups in total. The van der Waals surface area contributed by atoms with Crippen LogP contribution in [0.4, 0.5) is 4.39 Å². The van der Waals surface area contributed by atoms with E-state index >= 15 is 0 Å². The second-order valence-corrected chi connectivity index (χ2v) is 4.32. The van der Waals surface area contributed by atoms with Crippen molar-refractivity contribution in [2.24, 2.45) is 0 Å². The van der Waals surface area contributed by atoms with E-state index in [0.29, 0.717) is 18.9 Å². The SMILES string of the molecule is Fc1ccccc1-n1nc(Br)c2c1COC2. The summed E-state index contributed by atoms with van der Waals surface area (Å²) in [6.45, 7) is 1.01. The molecule has 3 nitrogen and oxygen atoms in total. The second-order valence-electron chi connectivity index (χ2n) is 3.57. The maximum atomic E-state index is 13.6. The molecule has 2 aromatic rings. The number of hydrogen-bond acceptors (Lipinski definition) is 2.